The van der Waals surface area contributed by atoms with Gasteiger partial charge in [-0.05, 0) is 66.2 Å². The zero-order valence-corrected chi connectivity index (χ0v) is 20.8. The van der Waals surface area contributed by atoms with Gasteiger partial charge < -0.3 is 13.7 Å². The van der Waals surface area contributed by atoms with Gasteiger partial charge in [0.05, 0.1) is 5.69 Å². The van der Waals surface area contributed by atoms with E-state index in [9.17, 15) is 0 Å². The van der Waals surface area contributed by atoms with Gasteiger partial charge in [0, 0.05) is 32.9 Å². The van der Waals surface area contributed by atoms with Crippen molar-refractivity contribution in [2.75, 3.05) is 4.90 Å². The number of hydrogen-bond acceptors (Lipinski definition) is 3. The summed E-state index contributed by atoms with van der Waals surface area (Å²) in [6, 6.07) is 42.4. The molecule has 38 heavy (non-hydrogen) atoms. The lowest BCUT2D eigenvalue weighted by atomic mass is 10.0. The first-order valence-corrected chi connectivity index (χ1v) is 12.9. The summed E-state index contributed by atoms with van der Waals surface area (Å²) in [4.78, 5) is 2.29. The van der Waals surface area contributed by atoms with Crippen molar-refractivity contribution in [1.29, 1.82) is 0 Å². The van der Waals surface area contributed by atoms with E-state index >= 15 is 0 Å². The number of aryl methyl sites for hydroxylation is 1. The standard InChI is InChI=1S/C35H23NO2/c1-22-13-16-24(17-14-22)36(30-11-6-10-28-27-9-4-5-12-31(27)38-35(28)30)25-18-20-32-29(21-25)34-26-8-3-2-7-23(26)15-19-33(34)37-32/h2-21H,1H3. The van der Waals surface area contributed by atoms with Gasteiger partial charge in [-0.3, -0.25) is 0 Å². The zero-order valence-electron chi connectivity index (χ0n) is 20.8. The molecule has 180 valence electrons. The Bertz CT molecular complexity index is 2150. The molecule has 0 saturated heterocycles. The van der Waals surface area contributed by atoms with Crippen LogP contribution in [0.2, 0.25) is 0 Å². The van der Waals surface area contributed by atoms with Crippen molar-refractivity contribution in [3.63, 3.8) is 0 Å². The highest BCUT2D eigenvalue weighted by atomic mass is 16.3. The SMILES string of the molecule is Cc1ccc(N(c2ccc3oc4ccc5ccccc5c4c3c2)c2cccc3c2oc2ccccc23)cc1. The number of furan rings is 2. The highest BCUT2D eigenvalue weighted by Crippen LogP contribution is 2.44. The molecule has 0 saturated carbocycles. The highest BCUT2D eigenvalue weighted by molar-refractivity contribution is 6.19. The number of hydrogen-bond donors (Lipinski definition) is 0. The molecular weight excluding hydrogens is 466 g/mol. The predicted molar refractivity (Wildman–Crippen MR) is 158 cm³/mol. The second kappa shape index (κ2) is 7.99. The number of para-hydroxylation sites is 2. The quantitative estimate of drug-likeness (QED) is 0.247. The van der Waals surface area contributed by atoms with Crippen LogP contribution in [0.25, 0.3) is 54.6 Å². The second-order valence-electron chi connectivity index (χ2n) is 9.87. The fourth-order valence-electron chi connectivity index (χ4n) is 5.70. The third-order valence-electron chi connectivity index (χ3n) is 7.52. The van der Waals surface area contributed by atoms with Crippen LogP contribution < -0.4 is 4.90 Å². The molecule has 0 fully saturated rings. The molecule has 0 unspecified atom stereocenters. The fraction of sp³-hybridized carbons (Fsp3) is 0.0286. The molecule has 6 aromatic carbocycles. The Morgan fingerprint density at radius 3 is 2.11 bits per heavy atom. The molecule has 2 heterocycles. The lowest BCUT2D eigenvalue weighted by molar-refractivity contribution is 0.669. The fourth-order valence-corrected chi connectivity index (χ4v) is 5.70. The van der Waals surface area contributed by atoms with Crippen LogP contribution in [0.3, 0.4) is 0 Å². The van der Waals surface area contributed by atoms with E-state index in [1.807, 2.05) is 12.1 Å². The van der Waals surface area contributed by atoms with Crippen molar-refractivity contribution in [3.8, 4) is 0 Å². The van der Waals surface area contributed by atoms with Gasteiger partial charge in [-0.1, -0.05) is 78.4 Å². The van der Waals surface area contributed by atoms with Gasteiger partial charge in [0.15, 0.2) is 5.58 Å². The van der Waals surface area contributed by atoms with Crippen LogP contribution in [-0.2, 0) is 0 Å². The maximum Gasteiger partial charge on any atom is 0.159 e. The number of nitrogens with zero attached hydrogens (tertiary/aromatic N) is 1. The molecule has 0 aliphatic carbocycles. The highest BCUT2D eigenvalue weighted by Gasteiger charge is 2.20. The minimum atomic E-state index is 0.872. The van der Waals surface area contributed by atoms with Crippen molar-refractivity contribution < 1.29 is 8.83 Å². The Kier molecular flexibility index (Phi) is 4.44. The van der Waals surface area contributed by atoms with E-state index < -0.39 is 0 Å². The molecule has 0 aliphatic heterocycles. The Balaban J connectivity index is 1.44. The average Bonchev–Trinajstić information content (AvgIpc) is 3.53. The van der Waals surface area contributed by atoms with Crippen LogP contribution >= 0.6 is 0 Å². The molecule has 0 atom stereocenters. The summed E-state index contributed by atoms with van der Waals surface area (Å²) >= 11 is 0. The van der Waals surface area contributed by atoms with E-state index in [0.717, 1.165) is 60.9 Å². The van der Waals surface area contributed by atoms with E-state index in [-0.39, 0.29) is 0 Å². The molecule has 0 amide bonds. The molecule has 0 spiro atoms. The summed E-state index contributed by atoms with van der Waals surface area (Å²) in [6.45, 7) is 2.11. The topological polar surface area (TPSA) is 29.5 Å². The minimum Gasteiger partial charge on any atom is -0.456 e. The number of rotatable bonds is 3. The summed E-state index contributed by atoms with van der Waals surface area (Å²) in [5.74, 6) is 0. The van der Waals surface area contributed by atoms with Crippen molar-refractivity contribution in [3.05, 3.63) is 127 Å². The largest absolute Gasteiger partial charge is 0.456 e. The maximum absolute atomic E-state index is 6.47. The van der Waals surface area contributed by atoms with E-state index in [2.05, 4.69) is 121 Å². The van der Waals surface area contributed by atoms with E-state index in [4.69, 9.17) is 8.83 Å². The van der Waals surface area contributed by atoms with E-state index in [1.165, 1.54) is 16.3 Å². The van der Waals surface area contributed by atoms with Crippen LogP contribution in [0.4, 0.5) is 17.1 Å². The summed E-state index contributed by atoms with van der Waals surface area (Å²) in [6.07, 6.45) is 0. The van der Waals surface area contributed by atoms with Gasteiger partial charge in [0.25, 0.3) is 0 Å². The molecule has 0 bridgehead atoms. The Morgan fingerprint density at radius 2 is 1.21 bits per heavy atom. The molecule has 0 aliphatic rings. The van der Waals surface area contributed by atoms with Gasteiger partial charge in [-0.2, -0.15) is 0 Å². The zero-order chi connectivity index (χ0) is 25.2. The van der Waals surface area contributed by atoms with Gasteiger partial charge >= 0.3 is 0 Å². The smallest absolute Gasteiger partial charge is 0.159 e. The van der Waals surface area contributed by atoms with E-state index in [0.29, 0.717) is 0 Å². The molecule has 8 rings (SSSR count). The van der Waals surface area contributed by atoms with Crippen LogP contribution in [0.5, 0.6) is 0 Å². The molecule has 0 radical (unpaired) electrons. The van der Waals surface area contributed by atoms with Gasteiger partial charge in [0.2, 0.25) is 0 Å². The van der Waals surface area contributed by atoms with Crippen LogP contribution in [0, 0.1) is 6.92 Å². The Hall–Kier alpha value is -5.02. The lowest BCUT2D eigenvalue weighted by Crippen LogP contribution is -2.10. The minimum absolute atomic E-state index is 0.872. The Morgan fingerprint density at radius 1 is 0.500 bits per heavy atom. The number of fused-ring (bicyclic) bond motifs is 8. The first-order valence-electron chi connectivity index (χ1n) is 12.9. The third-order valence-corrected chi connectivity index (χ3v) is 7.52. The molecule has 3 nitrogen and oxygen atoms in total. The van der Waals surface area contributed by atoms with Crippen LogP contribution in [0.15, 0.2) is 130 Å². The number of anilines is 3. The summed E-state index contributed by atoms with van der Waals surface area (Å²) in [5.41, 5.74) is 7.88. The van der Waals surface area contributed by atoms with Crippen LogP contribution in [0.1, 0.15) is 5.56 Å². The molecule has 0 N–H and O–H groups in total. The Labute approximate surface area is 219 Å². The van der Waals surface area contributed by atoms with Crippen molar-refractivity contribution in [1.82, 2.24) is 0 Å². The first-order chi connectivity index (χ1) is 18.7. The normalized spacial score (nSPS) is 11.8. The summed E-state index contributed by atoms with van der Waals surface area (Å²) in [5, 5.41) is 6.87. The average molecular weight is 490 g/mol. The molecule has 8 aromatic rings. The second-order valence-corrected chi connectivity index (χ2v) is 9.87. The van der Waals surface area contributed by atoms with Gasteiger partial charge in [0.1, 0.15) is 16.7 Å². The molecule has 2 aromatic heterocycles. The lowest BCUT2D eigenvalue weighted by Gasteiger charge is -2.25. The molecule has 3 heteroatoms. The number of benzene rings is 6. The van der Waals surface area contributed by atoms with E-state index in [1.54, 1.807) is 0 Å². The van der Waals surface area contributed by atoms with Crippen LogP contribution in [-0.4, -0.2) is 0 Å². The maximum atomic E-state index is 6.47. The van der Waals surface area contributed by atoms with Gasteiger partial charge in [-0.25, -0.2) is 0 Å². The monoisotopic (exact) mass is 489 g/mol. The first kappa shape index (κ1) is 21.1. The van der Waals surface area contributed by atoms with Crippen molar-refractivity contribution in [2.45, 2.75) is 6.92 Å². The van der Waals surface area contributed by atoms with Crippen molar-refractivity contribution >= 4 is 71.7 Å². The summed E-state index contributed by atoms with van der Waals surface area (Å²) in [7, 11) is 0. The summed E-state index contributed by atoms with van der Waals surface area (Å²) < 4.78 is 12.8. The predicted octanol–water partition coefficient (Wildman–Crippen LogP) is 10.4. The van der Waals surface area contributed by atoms with Crippen molar-refractivity contribution in [2.24, 2.45) is 0 Å². The van der Waals surface area contributed by atoms with Gasteiger partial charge in [-0.15, -0.1) is 0 Å². The third kappa shape index (κ3) is 3.09. The molecular formula is C35H23NO2.